The molecule has 28 heavy (non-hydrogen) atoms. The highest BCUT2D eigenvalue weighted by Crippen LogP contribution is 2.27. The number of hydrogen-bond donors (Lipinski definition) is 1. The van der Waals surface area contributed by atoms with E-state index in [1.54, 1.807) is 25.1 Å². The normalized spacial score (nSPS) is 13.9. The van der Waals surface area contributed by atoms with Crippen LogP contribution in [0.15, 0.2) is 36.4 Å². The lowest BCUT2D eigenvalue weighted by Crippen LogP contribution is -2.37. The first-order valence-corrected chi connectivity index (χ1v) is 9.32. The molecule has 2 aromatic carbocycles. The maximum absolute atomic E-state index is 13.9. The van der Waals surface area contributed by atoms with Gasteiger partial charge in [0.1, 0.15) is 0 Å². The van der Waals surface area contributed by atoms with Gasteiger partial charge in [0, 0.05) is 25.3 Å². The number of methoxy groups -OCH3 is 1. The first-order valence-electron chi connectivity index (χ1n) is 9.32. The molecule has 1 heterocycles. The van der Waals surface area contributed by atoms with E-state index in [0.717, 1.165) is 30.0 Å². The van der Waals surface area contributed by atoms with Crippen LogP contribution >= 0.6 is 0 Å². The molecule has 0 aliphatic carbocycles. The van der Waals surface area contributed by atoms with E-state index in [2.05, 4.69) is 10.2 Å². The summed E-state index contributed by atoms with van der Waals surface area (Å²) < 4.78 is 29.4. The molecule has 1 saturated heterocycles. The second-order valence-electron chi connectivity index (χ2n) is 6.37. The van der Waals surface area contributed by atoms with Gasteiger partial charge in [0.15, 0.2) is 11.6 Å². The van der Waals surface area contributed by atoms with Crippen LogP contribution in [0.5, 0.6) is 5.75 Å². The van der Waals surface area contributed by atoms with Crippen molar-refractivity contribution in [1.82, 2.24) is 0 Å². The molecule has 0 bridgehead atoms. The molecular formula is C21H25FN2O4. The number of carbonyl (C=O) groups is 1. The van der Waals surface area contributed by atoms with Crippen molar-refractivity contribution in [2.45, 2.75) is 13.5 Å². The molecule has 7 heteroatoms. The summed E-state index contributed by atoms with van der Waals surface area (Å²) in [7, 11) is 1.43. The molecule has 0 atom stereocenters. The minimum atomic E-state index is -0.406. The summed E-state index contributed by atoms with van der Waals surface area (Å²) in [6.45, 7) is 5.22. The second kappa shape index (κ2) is 9.41. The predicted octanol–water partition coefficient (Wildman–Crippen LogP) is 3.46. The number of anilines is 2. The van der Waals surface area contributed by atoms with Gasteiger partial charge in [0.05, 0.1) is 38.2 Å². The van der Waals surface area contributed by atoms with Crippen molar-refractivity contribution < 1.29 is 23.4 Å². The third-order valence-corrected chi connectivity index (χ3v) is 4.56. The molecule has 2 aromatic rings. The lowest BCUT2D eigenvalue weighted by Gasteiger charge is -2.30. The number of nitrogens with one attached hydrogen (secondary N) is 1. The van der Waals surface area contributed by atoms with E-state index < -0.39 is 5.82 Å². The van der Waals surface area contributed by atoms with Crippen LogP contribution in [0.2, 0.25) is 0 Å². The topological polar surface area (TPSA) is 60.0 Å². The quantitative estimate of drug-likeness (QED) is 0.733. The average molecular weight is 388 g/mol. The summed E-state index contributed by atoms with van der Waals surface area (Å²) >= 11 is 0. The predicted molar refractivity (Wildman–Crippen MR) is 106 cm³/mol. The molecular weight excluding hydrogens is 363 g/mol. The molecule has 3 rings (SSSR count). The molecule has 1 aliphatic rings. The van der Waals surface area contributed by atoms with Gasteiger partial charge >= 0.3 is 5.97 Å². The van der Waals surface area contributed by atoms with Gasteiger partial charge < -0.3 is 24.4 Å². The van der Waals surface area contributed by atoms with E-state index in [4.69, 9.17) is 14.2 Å². The molecule has 0 amide bonds. The zero-order valence-corrected chi connectivity index (χ0v) is 16.2. The number of morpholine rings is 1. The van der Waals surface area contributed by atoms with E-state index in [1.165, 1.54) is 13.2 Å². The van der Waals surface area contributed by atoms with Gasteiger partial charge in [-0.2, -0.15) is 0 Å². The van der Waals surface area contributed by atoms with Crippen LogP contribution in [0, 0.1) is 5.82 Å². The van der Waals surface area contributed by atoms with E-state index in [-0.39, 0.29) is 11.7 Å². The number of rotatable bonds is 7. The molecule has 0 radical (unpaired) electrons. The van der Waals surface area contributed by atoms with Crippen LogP contribution in [-0.4, -0.2) is 46.0 Å². The van der Waals surface area contributed by atoms with Gasteiger partial charge in [-0.15, -0.1) is 0 Å². The van der Waals surface area contributed by atoms with Crippen LogP contribution in [0.1, 0.15) is 22.8 Å². The zero-order chi connectivity index (χ0) is 19.9. The summed E-state index contributed by atoms with van der Waals surface area (Å²) in [5.41, 5.74) is 2.88. The van der Waals surface area contributed by atoms with Crippen molar-refractivity contribution in [2.24, 2.45) is 0 Å². The largest absolute Gasteiger partial charge is 0.494 e. The average Bonchev–Trinajstić information content (AvgIpc) is 2.73. The highest BCUT2D eigenvalue weighted by atomic mass is 19.1. The van der Waals surface area contributed by atoms with Crippen LogP contribution in [0.3, 0.4) is 0 Å². The lowest BCUT2D eigenvalue weighted by molar-refractivity contribution is 0.0526. The van der Waals surface area contributed by atoms with Crippen molar-refractivity contribution >= 4 is 17.3 Å². The van der Waals surface area contributed by atoms with Gasteiger partial charge in [-0.25, -0.2) is 9.18 Å². The molecule has 1 aliphatic heterocycles. The first-order chi connectivity index (χ1) is 13.6. The second-order valence-corrected chi connectivity index (χ2v) is 6.37. The Kier molecular flexibility index (Phi) is 6.71. The third kappa shape index (κ3) is 4.72. The SMILES string of the molecule is CCOC(=O)c1cc(NCc2ccc(OC)c(F)c2)ccc1N1CCOCC1. The molecule has 0 saturated carbocycles. The first kappa shape index (κ1) is 19.9. The van der Waals surface area contributed by atoms with Gasteiger partial charge in [-0.1, -0.05) is 6.07 Å². The number of halogens is 1. The van der Waals surface area contributed by atoms with Gasteiger partial charge in [0.25, 0.3) is 0 Å². The fourth-order valence-electron chi connectivity index (χ4n) is 3.12. The van der Waals surface area contributed by atoms with E-state index in [9.17, 15) is 9.18 Å². The molecule has 1 fully saturated rings. The number of benzene rings is 2. The van der Waals surface area contributed by atoms with Crippen LogP contribution in [-0.2, 0) is 16.0 Å². The van der Waals surface area contributed by atoms with E-state index in [0.29, 0.717) is 31.9 Å². The van der Waals surface area contributed by atoms with Crippen LogP contribution in [0.4, 0.5) is 15.8 Å². The number of hydrogen-bond acceptors (Lipinski definition) is 6. The molecule has 0 unspecified atom stereocenters. The maximum atomic E-state index is 13.9. The van der Waals surface area contributed by atoms with Crippen LogP contribution < -0.4 is 15.0 Å². The molecule has 0 aromatic heterocycles. The molecule has 150 valence electrons. The van der Waals surface area contributed by atoms with E-state index >= 15 is 0 Å². The smallest absolute Gasteiger partial charge is 0.340 e. The number of nitrogens with zero attached hydrogens (tertiary/aromatic N) is 1. The fraction of sp³-hybridized carbons (Fsp3) is 0.381. The molecule has 0 spiro atoms. The Morgan fingerprint density at radius 2 is 2.00 bits per heavy atom. The minimum Gasteiger partial charge on any atom is -0.494 e. The number of ether oxygens (including phenoxy) is 3. The summed E-state index contributed by atoms with van der Waals surface area (Å²) in [6, 6.07) is 10.4. The Balaban J connectivity index is 1.78. The highest BCUT2D eigenvalue weighted by molar-refractivity contribution is 5.97. The number of carbonyl (C=O) groups excluding carboxylic acids is 1. The Bertz CT molecular complexity index is 822. The Hall–Kier alpha value is -2.80. The summed E-state index contributed by atoms with van der Waals surface area (Å²) in [5, 5.41) is 3.23. The van der Waals surface area contributed by atoms with Crippen LogP contribution in [0.25, 0.3) is 0 Å². The van der Waals surface area contributed by atoms with Crippen molar-refractivity contribution in [3.8, 4) is 5.75 Å². The van der Waals surface area contributed by atoms with Crippen molar-refractivity contribution in [3.63, 3.8) is 0 Å². The highest BCUT2D eigenvalue weighted by Gasteiger charge is 2.20. The molecule has 1 N–H and O–H groups in total. The Labute approximate surface area is 164 Å². The summed E-state index contributed by atoms with van der Waals surface area (Å²) in [4.78, 5) is 14.6. The Morgan fingerprint density at radius 1 is 1.21 bits per heavy atom. The summed E-state index contributed by atoms with van der Waals surface area (Å²) in [5.74, 6) is -0.553. The lowest BCUT2D eigenvalue weighted by atomic mass is 10.1. The van der Waals surface area contributed by atoms with Crippen molar-refractivity contribution in [1.29, 1.82) is 0 Å². The maximum Gasteiger partial charge on any atom is 0.340 e. The standard InChI is InChI=1S/C21H25FN2O4/c1-3-28-21(25)17-13-16(5-6-19(17)24-8-10-27-11-9-24)23-14-15-4-7-20(26-2)18(22)12-15/h4-7,12-13,23H,3,8-11,14H2,1-2H3. The Morgan fingerprint density at radius 3 is 2.68 bits per heavy atom. The third-order valence-electron chi connectivity index (χ3n) is 4.56. The van der Waals surface area contributed by atoms with E-state index in [1.807, 2.05) is 12.1 Å². The minimum absolute atomic E-state index is 0.211. The van der Waals surface area contributed by atoms with Gasteiger partial charge in [-0.05, 0) is 42.8 Å². The fourth-order valence-corrected chi connectivity index (χ4v) is 3.12. The monoisotopic (exact) mass is 388 g/mol. The summed E-state index contributed by atoms with van der Waals surface area (Å²) in [6.07, 6.45) is 0. The number of esters is 1. The molecule has 6 nitrogen and oxygen atoms in total. The zero-order valence-electron chi connectivity index (χ0n) is 16.2. The van der Waals surface area contributed by atoms with Gasteiger partial charge in [-0.3, -0.25) is 0 Å². The van der Waals surface area contributed by atoms with Crippen molar-refractivity contribution in [3.05, 3.63) is 53.3 Å². The van der Waals surface area contributed by atoms with Crippen molar-refractivity contribution in [2.75, 3.05) is 50.2 Å². The van der Waals surface area contributed by atoms with Gasteiger partial charge in [0.2, 0.25) is 0 Å².